The van der Waals surface area contributed by atoms with Crippen molar-refractivity contribution in [1.82, 2.24) is 14.9 Å². The van der Waals surface area contributed by atoms with Crippen LogP contribution in [0.5, 0.6) is 0 Å². The van der Waals surface area contributed by atoms with Gasteiger partial charge in [0.1, 0.15) is 0 Å². The summed E-state index contributed by atoms with van der Waals surface area (Å²) < 4.78 is 0. The average molecular weight is 309 g/mol. The van der Waals surface area contributed by atoms with Crippen LogP contribution in [-0.4, -0.2) is 33.9 Å². The van der Waals surface area contributed by atoms with E-state index in [2.05, 4.69) is 9.97 Å². The number of hydrogen-bond donors (Lipinski definition) is 0. The highest BCUT2D eigenvalue weighted by Gasteiger charge is 2.16. The van der Waals surface area contributed by atoms with Gasteiger partial charge < -0.3 is 4.90 Å². The molecule has 1 aromatic heterocycles. The van der Waals surface area contributed by atoms with Gasteiger partial charge >= 0.3 is 0 Å². The van der Waals surface area contributed by atoms with Crippen molar-refractivity contribution < 1.29 is 4.79 Å². The van der Waals surface area contributed by atoms with Crippen LogP contribution in [0.4, 0.5) is 0 Å². The van der Waals surface area contributed by atoms with Gasteiger partial charge in [-0.25, -0.2) is 9.97 Å². The van der Waals surface area contributed by atoms with Crippen LogP contribution in [0, 0.1) is 6.92 Å². The van der Waals surface area contributed by atoms with E-state index in [0.717, 1.165) is 55.0 Å². The van der Waals surface area contributed by atoms with Gasteiger partial charge in [0.2, 0.25) is 5.91 Å². The molecule has 1 aromatic carbocycles. The topological polar surface area (TPSA) is 46.1 Å². The Morgan fingerprint density at radius 2 is 1.87 bits per heavy atom. The second-order valence-corrected chi connectivity index (χ2v) is 6.11. The van der Waals surface area contributed by atoms with Crippen molar-refractivity contribution in [3.8, 4) is 11.4 Å². The first kappa shape index (κ1) is 15.7. The number of carbonyl (C=O) groups is 1. The normalized spacial score (nSPS) is 14.7. The molecule has 2 aromatic rings. The predicted molar refractivity (Wildman–Crippen MR) is 91.0 cm³/mol. The predicted octanol–water partition coefficient (Wildman–Crippen LogP) is 3.40. The first-order chi connectivity index (χ1) is 11.2. The second kappa shape index (κ2) is 7.36. The highest BCUT2D eigenvalue weighted by atomic mass is 16.2. The number of piperidine rings is 1. The monoisotopic (exact) mass is 309 g/mol. The highest BCUT2D eigenvalue weighted by Crippen LogP contribution is 2.17. The third-order valence-corrected chi connectivity index (χ3v) is 4.43. The Kier molecular flexibility index (Phi) is 5.01. The lowest BCUT2D eigenvalue weighted by molar-refractivity contribution is -0.132. The highest BCUT2D eigenvalue weighted by molar-refractivity contribution is 5.76. The minimum absolute atomic E-state index is 0.260. The summed E-state index contributed by atoms with van der Waals surface area (Å²) in [6, 6.07) is 9.97. The molecule has 0 N–H and O–H groups in total. The third kappa shape index (κ3) is 3.95. The Morgan fingerprint density at radius 3 is 2.57 bits per heavy atom. The smallest absolute Gasteiger partial charge is 0.222 e. The fourth-order valence-corrected chi connectivity index (χ4v) is 3.01. The van der Waals surface area contributed by atoms with Crippen molar-refractivity contribution in [2.45, 2.75) is 39.0 Å². The van der Waals surface area contributed by atoms with E-state index in [-0.39, 0.29) is 5.91 Å². The maximum Gasteiger partial charge on any atom is 0.222 e. The van der Waals surface area contributed by atoms with Gasteiger partial charge in [-0.1, -0.05) is 30.3 Å². The summed E-state index contributed by atoms with van der Waals surface area (Å²) in [7, 11) is 0. The molecule has 120 valence electrons. The van der Waals surface area contributed by atoms with Crippen LogP contribution in [-0.2, 0) is 11.2 Å². The van der Waals surface area contributed by atoms with Crippen molar-refractivity contribution in [2.24, 2.45) is 0 Å². The molecule has 1 amide bonds. The Morgan fingerprint density at radius 1 is 1.13 bits per heavy atom. The maximum absolute atomic E-state index is 12.3. The molecule has 1 aliphatic heterocycles. The van der Waals surface area contributed by atoms with Gasteiger partial charge in [-0.3, -0.25) is 4.79 Å². The molecule has 0 saturated carbocycles. The molecule has 0 spiro atoms. The van der Waals surface area contributed by atoms with Crippen LogP contribution in [0.25, 0.3) is 11.4 Å². The molecule has 0 atom stereocenters. The van der Waals surface area contributed by atoms with Gasteiger partial charge in [0.05, 0.1) is 0 Å². The molecule has 0 bridgehead atoms. The molecule has 23 heavy (non-hydrogen) atoms. The van der Waals surface area contributed by atoms with E-state index in [1.54, 1.807) is 0 Å². The number of rotatable bonds is 4. The fraction of sp³-hybridized carbons (Fsp3) is 0.421. The molecular weight excluding hydrogens is 286 g/mol. The van der Waals surface area contributed by atoms with Crippen molar-refractivity contribution in [1.29, 1.82) is 0 Å². The van der Waals surface area contributed by atoms with E-state index in [1.165, 1.54) is 6.42 Å². The number of amides is 1. The minimum atomic E-state index is 0.260. The Hall–Kier alpha value is -2.23. The van der Waals surface area contributed by atoms with Gasteiger partial charge in [-0.05, 0) is 38.2 Å². The summed E-state index contributed by atoms with van der Waals surface area (Å²) in [6.07, 6.45) is 6.66. The molecule has 1 fully saturated rings. The molecule has 0 radical (unpaired) electrons. The van der Waals surface area contributed by atoms with Crippen molar-refractivity contribution in [3.05, 3.63) is 47.8 Å². The lowest BCUT2D eigenvalue weighted by atomic mass is 10.1. The van der Waals surface area contributed by atoms with Gasteiger partial charge in [0.15, 0.2) is 5.82 Å². The molecule has 1 aliphatic rings. The lowest BCUT2D eigenvalue weighted by Gasteiger charge is -2.26. The molecule has 4 heteroatoms. The zero-order chi connectivity index (χ0) is 16.1. The standard InChI is InChI=1S/C19H23N3O/c1-15-17(10-11-18(23)22-12-6-3-7-13-22)14-20-19(21-15)16-8-4-2-5-9-16/h2,4-5,8-9,14H,3,6-7,10-13H2,1H3. The Bertz CT molecular complexity index is 664. The van der Waals surface area contributed by atoms with Crippen molar-refractivity contribution in [2.75, 3.05) is 13.1 Å². The summed E-state index contributed by atoms with van der Waals surface area (Å²) in [5.74, 6) is 1.01. The second-order valence-electron chi connectivity index (χ2n) is 6.11. The number of hydrogen-bond acceptors (Lipinski definition) is 3. The Balaban J connectivity index is 1.63. The summed E-state index contributed by atoms with van der Waals surface area (Å²) in [5, 5.41) is 0. The van der Waals surface area contributed by atoms with Crippen LogP contribution in [0.1, 0.15) is 36.9 Å². The fourth-order valence-electron chi connectivity index (χ4n) is 3.01. The number of likely N-dealkylation sites (tertiary alicyclic amines) is 1. The third-order valence-electron chi connectivity index (χ3n) is 4.43. The van der Waals surface area contributed by atoms with E-state index < -0.39 is 0 Å². The zero-order valence-electron chi connectivity index (χ0n) is 13.7. The first-order valence-electron chi connectivity index (χ1n) is 8.40. The van der Waals surface area contributed by atoms with Gasteiger partial charge in [-0.2, -0.15) is 0 Å². The molecule has 1 saturated heterocycles. The van der Waals surface area contributed by atoms with Crippen LogP contribution in [0.15, 0.2) is 36.5 Å². The molecule has 2 heterocycles. The van der Waals surface area contributed by atoms with Crippen LogP contribution < -0.4 is 0 Å². The van der Waals surface area contributed by atoms with E-state index in [4.69, 9.17) is 0 Å². The molecule has 3 rings (SSSR count). The van der Waals surface area contributed by atoms with Gasteiger partial charge in [0.25, 0.3) is 0 Å². The largest absolute Gasteiger partial charge is 0.343 e. The van der Waals surface area contributed by atoms with E-state index >= 15 is 0 Å². The Labute approximate surface area is 137 Å². The summed E-state index contributed by atoms with van der Waals surface area (Å²) in [6.45, 7) is 3.83. The SMILES string of the molecule is Cc1nc(-c2ccccc2)ncc1CCC(=O)N1CCCCC1. The zero-order valence-corrected chi connectivity index (χ0v) is 13.7. The van der Waals surface area contributed by atoms with E-state index in [0.29, 0.717) is 6.42 Å². The van der Waals surface area contributed by atoms with Gasteiger partial charge in [0, 0.05) is 37.0 Å². The van der Waals surface area contributed by atoms with Crippen molar-refractivity contribution >= 4 is 5.91 Å². The summed E-state index contributed by atoms with van der Waals surface area (Å²) >= 11 is 0. The average Bonchev–Trinajstić information content (AvgIpc) is 2.62. The number of benzene rings is 1. The lowest BCUT2D eigenvalue weighted by Crippen LogP contribution is -2.35. The van der Waals surface area contributed by atoms with E-state index in [1.807, 2.05) is 48.4 Å². The number of nitrogens with zero attached hydrogens (tertiary/aromatic N) is 3. The van der Waals surface area contributed by atoms with Crippen LogP contribution >= 0.6 is 0 Å². The van der Waals surface area contributed by atoms with Gasteiger partial charge in [-0.15, -0.1) is 0 Å². The van der Waals surface area contributed by atoms with Crippen LogP contribution in [0.3, 0.4) is 0 Å². The van der Waals surface area contributed by atoms with Crippen LogP contribution in [0.2, 0.25) is 0 Å². The number of carbonyl (C=O) groups excluding carboxylic acids is 1. The van der Waals surface area contributed by atoms with E-state index in [9.17, 15) is 4.79 Å². The maximum atomic E-state index is 12.3. The summed E-state index contributed by atoms with van der Waals surface area (Å²) in [5.41, 5.74) is 3.05. The molecule has 4 nitrogen and oxygen atoms in total. The minimum Gasteiger partial charge on any atom is -0.343 e. The quantitative estimate of drug-likeness (QED) is 0.869. The summed E-state index contributed by atoms with van der Waals surface area (Å²) in [4.78, 5) is 23.3. The van der Waals surface area contributed by atoms with Crippen molar-refractivity contribution in [3.63, 3.8) is 0 Å². The number of aromatic nitrogens is 2. The molecule has 0 aliphatic carbocycles. The number of aryl methyl sites for hydroxylation is 2. The molecular formula is C19H23N3O. The first-order valence-corrected chi connectivity index (χ1v) is 8.40. The molecule has 0 unspecified atom stereocenters.